The van der Waals surface area contributed by atoms with Gasteiger partial charge in [-0.25, -0.2) is 4.79 Å². The van der Waals surface area contributed by atoms with Crippen molar-refractivity contribution in [3.8, 4) is 0 Å². The Morgan fingerprint density at radius 2 is 2.03 bits per heavy atom. The predicted octanol–water partition coefficient (Wildman–Crippen LogP) is 5.33. The molecule has 0 spiro atoms. The number of nitrogens with zero attached hydrogens (tertiary/aromatic N) is 1. The first-order valence-electron chi connectivity index (χ1n) is 10.8. The van der Waals surface area contributed by atoms with Gasteiger partial charge in [0.05, 0.1) is 35.9 Å². The van der Waals surface area contributed by atoms with E-state index in [1.54, 1.807) is 0 Å². The standard InChI is InChI=1S/C24H29NO6/c1-2-3-5-10-22(30-15-17-8-6-4-7-9-17)23-13-18(16-31-23)21-14-19(25(28)29)11-12-20(21)24(26)27/h4,6-9,11-12,14,18,22-23H,2-3,5,10,13,15-16H2,1H3,(H,26,27)/t18-,22-,23-/m1/s1. The number of hydrogen-bond acceptors (Lipinski definition) is 5. The average Bonchev–Trinajstić information content (AvgIpc) is 3.26. The Morgan fingerprint density at radius 3 is 2.71 bits per heavy atom. The van der Waals surface area contributed by atoms with Crippen LogP contribution in [0, 0.1) is 10.1 Å². The summed E-state index contributed by atoms with van der Waals surface area (Å²) >= 11 is 0. The molecule has 7 nitrogen and oxygen atoms in total. The highest BCUT2D eigenvalue weighted by atomic mass is 16.6. The van der Waals surface area contributed by atoms with Crippen molar-refractivity contribution in [2.24, 2.45) is 0 Å². The summed E-state index contributed by atoms with van der Waals surface area (Å²) in [5.74, 6) is -1.31. The number of carbonyl (C=O) groups is 1. The van der Waals surface area contributed by atoms with E-state index in [-0.39, 0.29) is 29.4 Å². The van der Waals surface area contributed by atoms with E-state index in [2.05, 4.69) is 6.92 Å². The zero-order valence-electron chi connectivity index (χ0n) is 17.7. The van der Waals surface area contributed by atoms with Gasteiger partial charge in [-0.3, -0.25) is 10.1 Å². The highest BCUT2D eigenvalue weighted by Crippen LogP contribution is 2.36. The molecule has 1 fully saturated rings. The summed E-state index contributed by atoms with van der Waals surface area (Å²) in [5.41, 5.74) is 1.53. The number of carboxylic acids is 1. The first kappa shape index (κ1) is 22.9. The molecule has 166 valence electrons. The molecule has 1 aliphatic rings. The fourth-order valence-corrected chi connectivity index (χ4v) is 4.08. The first-order chi connectivity index (χ1) is 15.0. The van der Waals surface area contributed by atoms with Crippen molar-refractivity contribution in [1.82, 2.24) is 0 Å². The van der Waals surface area contributed by atoms with E-state index in [0.29, 0.717) is 25.2 Å². The fourth-order valence-electron chi connectivity index (χ4n) is 4.08. The molecule has 1 saturated heterocycles. The summed E-state index contributed by atoms with van der Waals surface area (Å²) in [5, 5.41) is 20.7. The van der Waals surface area contributed by atoms with E-state index in [9.17, 15) is 20.0 Å². The number of nitro benzene ring substituents is 1. The van der Waals surface area contributed by atoms with Crippen molar-refractivity contribution in [3.05, 3.63) is 75.3 Å². The number of benzene rings is 2. The maximum atomic E-state index is 11.7. The van der Waals surface area contributed by atoms with Crippen LogP contribution < -0.4 is 0 Å². The molecular formula is C24H29NO6. The van der Waals surface area contributed by atoms with E-state index in [0.717, 1.165) is 31.2 Å². The number of unbranched alkanes of at least 4 members (excludes halogenated alkanes) is 2. The molecule has 0 unspecified atom stereocenters. The Bertz CT molecular complexity index is 885. The van der Waals surface area contributed by atoms with Crippen LogP contribution in [0.15, 0.2) is 48.5 Å². The zero-order valence-corrected chi connectivity index (χ0v) is 17.7. The van der Waals surface area contributed by atoms with Crippen LogP contribution in [-0.4, -0.2) is 34.8 Å². The fraction of sp³-hybridized carbons (Fsp3) is 0.458. The normalized spacial score (nSPS) is 19.3. The third-order valence-corrected chi connectivity index (χ3v) is 5.76. The van der Waals surface area contributed by atoms with Gasteiger partial charge in [-0.15, -0.1) is 0 Å². The quantitative estimate of drug-likeness (QED) is 0.296. The van der Waals surface area contributed by atoms with Gasteiger partial charge in [0.25, 0.3) is 5.69 Å². The van der Waals surface area contributed by atoms with Crippen LogP contribution in [0.25, 0.3) is 0 Å². The number of non-ortho nitro benzene ring substituents is 1. The van der Waals surface area contributed by atoms with E-state index >= 15 is 0 Å². The molecule has 0 saturated carbocycles. The van der Waals surface area contributed by atoms with E-state index in [4.69, 9.17) is 9.47 Å². The smallest absolute Gasteiger partial charge is 0.335 e. The van der Waals surface area contributed by atoms with E-state index in [1.165, 1.54) is 18.2 Å². The Kier molecular flexibility index (Phi) is 8.14. The van der Waals surface area contributed by atoms with Crippen molar-refractivity contribution in [3.63, 3.8) is 0 Å². The molecule has 7 heteroatoms. The Labute approximate surface area is 182 Å². The third-order valence-electron chi connectivity index (χ3n) is 5.76. The minimum absolute atomic E-state index is 0.0904. The van der Waals surface area contributed by atoms with Gasteiger partial charge in [0.1, 0.15) is 0 Å². The summed E-state index contributed by atoms with van der Waals surface area (Å²) in [6.07, 6.45) is 4.39. The molecule has 3 atom stereocenters. The minimum Gasteiger partial charge on any atom is -0.478 e. The number of carboxylic acid groups (broad SMARTS) is 1. The minimum atomic E-state index is -1.09. The van der Waals surface area contributed by atoms with Crippen molar-refractivity contribution in [1.29, 1.82) is 0 Å². The van der Waals surface area contributed by atoms with Gasteiger partial charge >= 0.3 is 5.97 Å². The van der Waals surface area contributed by atoms with Gasteiger partial charge in [-0.05, 0) is 30.0 Å². The monoisotopic (exact) mass is 427 g/mol. The highest BCUT2D eigenvalue weighted by Gasteiger charge is 2.35. The topological polar surface area (TPSA) is 98.9 Å². The molecule has 1 heterocycles. The molecule has 0 aliphatic carbocycles. The van der Waals surface area contributed by atoms with Crippen molar-refractivity contribution < 1.29 is 24.3 Å². The molecule has 0 aromatic heterocycles. The molecular weight excluding hydrogens is 398 g/mol. The van der Waals surface area contributed by atoms with Gasteiger partial charge in [0.15, 0.2) is 0 Å². The zero-order chi connectivity index (χ0) is 22.2. The Balaban J connectivity index is 1.74. The van der Waals surface area contributed by atoms with Gasteiger partial charge < -0.3 is 14.6 Å². The lowest BCUT2D eigenvalue weighted by atomic mass is 9.89. The number of nitro groups is 1. The SMILES string of the molecule is CCCCC[C@@H](OCc1ccccc1)[C@H]1C[C@@H](c2cc([N+](=O)[O-])ccc2C(=O)O)CO1. The Hall–Kier alpha value is -2.77. The van der Waals surface area contributed by atoms with Crippen LogP contribution in [0.4, 0.5) is 5.69 Å². The number of ether oxygens (including phenoxy) is 2. The molecule has 0 amide bonds. The summed E-state index contributed by atoms with van der Waals surface area (Å²) in [4.78, 5) is 22.4. The van der Waals surface area contributed by atoms with Crippen molar-refractivity contribution >= 4 is 11.7 Å². The van der Waals surface area contributed by atoms with E-state index < -0.39 is 10.9 Å². The maximum Gasteiger partial charge on any atom is 0.335 e. The largest absolute Gasteiger partial charge is 0.478 e. The molecule has 2 aromatic carbocycles. The van der Waals surface area contributed by atoms with E-state index in [1.807, 2.05) is 30.3 Å². The molecule has 0 radical (unpaired) electrons. The summed E-state index contributed by atoms with van der Waals surface area (Å²) < 4.78 is 12.3. The van der Waals surface area contributed by atoms with Crippen LogP contribution >= 0.6 is 0 Å². The molecule has 1 aliphatic heterocycles. The molecule has 1 N–H and O–H groups in total. The highest BCUT2D eigenvalue weighted by molar-refractivity contribution is 5.90. The average molecular weight is 427 g/mol. The van der Waals surface area contributed by atoms with Crippen LogP contribution in [-0.2, 0) is 16.1 Å². The van der Waals surface area contributed by atoms with Crippen LogP contribution in [0.1, 0.15) is 66.4 Å². The molecule has 3 rings (SSSR count). The van der Waals surface area contributed by atoms with Crippen molar-refractivity contribution in [2.75, 3.05) is 6.61 Å². The number of aromatic carboxylic acids is 1. The van der Waals surface area contributed by atoms with Crippen LogP contribution in [0.2, 0.25) is 0 Å². The number of hydrogen-bond donors (Lipinski definition) is 1. The van der Waals surface area contributed by atoms with Crippen LogP contribution in [0.3, 0.4) is 0 Å². The second-order valence-corrected chi connectivity index (χ2v) is 7.97. The lowest BCUT2D eigenvalue weighted by Crippen LogP contribution is -2.28. The lowest BCUT2D eigenvalue weighted by molar-refractivity contribution is -0.384. The van der Waals surface area contributed by atoms with Gasteiger partial charge in [0.2, 0.25) is 0 Å². The van der Waals surface area contributed by atoms with Gasteiger partial charge in [-0.1, -0.05) is 56.5 Å². The lowest BCUT2D eigenvalue weighted by Gasteiger charge is -2.24. The Morgan fingerprint density at radius 1 is 1.26 bits per heavy atom. The summed E-state index contributed by atoms with van der Waals surface area (Å²) in [6.45, 7) is 2.96. The van der Waals surface area contributed by atoms with Crippen molar-refractivity contribution in [2.45, 2.75) is 63.8 Å². The predicted molar refractivity (Wildman–Crippen MR) is 116 cm³/mol. The maximum absolute atomic E-state index is 11.7. The van der Waals surface area contributed by atoms with Crippen LogP contribution in [0.5, 0.6) is 0 Å². The second-order valence-electron chi connectivity index (χ2n) is 7.97. The molecule has 31 heavy (non-hydrogen) atoms. The molecule has 2 aromatic rings. The number of rotatable bonds is 11. The summed E-state index contributed by atoms with van der Waals surface area (Å²) in [7, 11) is 0. The van der Waals surface area contributed by atoms with Gasteiger partial charge in [0, 0.05) is 18.1 Å². The van der Waals surface area contributed by atoms with Gasteiger partial charge in [-0.2, -0.15) is 0 Å². The third kappa shape index (κ3) is 6.12. The first-order valence-corrected chi connectivity index (χ1v) is 10.8. The molecule has 0 bridgehead atoms. The second kappa shape index (κ2) is 11.0. The summed E-state index contributed by atoms with van der Waals surface area (Å²) in [6, 6.07) is 13.9.